The summed E-state index contributed by atoms with van der Waals surface area (Å²) in [5, 5.41) is 0. The number of sulfonamides is 1. The lowest BCUT2D eigenvalue weighted by atomic mass is 10.1. The van der Waals surface area contributed by atoms with E-state index in [2.05, 4.69) is 0 Å². The number of carbonyl (C=O) groups excluding carboxylic acids is 2. The van der Waals surface area contributed by atoms with Gasteiger partial charge in [0.15, 0.2) is 0 Å². The average Bonchev–Trinajstić information content (AvgIpc) is 2.88. The van der Waals surface area contributed by atoms with Crippen molar-refractivity contribution in [2.24, 2.45) is 0 Å². The molecule has 0 aromatic heterocycles. The molecule has 0 aliphatic carbocycles. The van der Waals surface area contributed by atoms with E-state index in [1.54, 1.807) is 42.2 Å². The number of ether oxygens (including phenoxy) is 3. The number of esters is 1. The minimum atomic E-state index is -3.81. The Bertz CT molecular complexity index is 1130. The number of carbonyl (C=O) groups is 2. The highest BCUT2D eigenvalue weighted by Crippen LogP contribution is 2.26. The van der Waals surface area contributed by atoms with E-state index < -0.39 is 22.1 Å². The lowest BCUT2D eigenvalue weighted by Crippen LogP contribution is -2.44. The Morgan fingerprint density at radius 1 is 0.912 bits per heavy atom. The van der Waals surface area contributed by atoms with Crippen molar-refractivity contribution in [2.45, 2.75) is 17.9 Å². The molecule has 0 saturated carbocycles. The van der Waals surface area contributed by atoms with Gasteiger partial charge in [0.1, 0.15) is 0 Å². The largest absolute Gasteiger partial charge is 0.444 e. The van der Waals surface area contributed by atoms with Gasteiger partial charge in [-0.15, -0.1) is 0 Å². The Hall–Kier alpha value is -2.79. The number of morpholine rings is 2. The molecule has 2 aromatic carbocycles. The standard InChI is InChI=1S/C24H28N2O7S/c1-18-7-8-20(17-21(18)34(29,30)26-11-15-32-16-12-26)24(28)33-22(19-5-3-2-4-6-19)23(27)25-9-13-31-14-10-25/h2-8,17,22H,9-16H2,1H3. The second-order valence-corrected chi connectivity index (χ2v) is 10.0. The Balaban J connectivity index is 1.60. The van der Waals surface area contributed by atoms with Gasteiger partial charge in [-0.1, -0.05) is 36.4 Å². The van der Waals surface area contributed by atoms with Gasteiger partial charge in [-0.05, 0) is 24.6 Å². The zero-order chi connectivity index (χ0) is 24.1. The van der Waals surface area contributed by atoms with Crippen molar-refractivity contribution in [1.82, 2.24) is 9.21 Å². The third-order valence-electron chi connectivity index (χ3n) is 5.89. The van der Waals surface area contributed by atoms with Crippen LogP contribution >= 0.6 is 0 Å². The van der Waals surface area contributed by atoms with E-state index in [4.69, 9.17) is 14.2 Å². The third kappa shape index (κ3) is 5.30. The van der Waals surface area contributed by atoms with Crippen molar-refractivity contribution in [3.8, 4) is 0 Å². The number of hydrogen-bond acceptors (Lipinski definition) is 7. The molecule has 0 bridgehead atoms. The molecule has 2 fully saturated rings. The number of nitrogens with zero attached hydrogens (tertiary/aromatic N) is 2. The summed E-state index contributed by atoms with van der Waals surface area (Å²) in [6.45, 7) is 4.48. The number of amides is 1. The van der Waals surface area contributed by atoms with Crippen LogP contribution in [0.25, 0.3) is 0 Å². The molecule has 2 aromatic rings. The average molecular weight is 489 g/mol. The van der Waals surface area contributed by atoms with Crippen molar-refractivity contribution in [3.05, 3.63) is 65.2 Å². The molecule has 9 nitrogen and oxygen atoms in total. The van der Waals surface area contributed by atoms with E-state index in [9.17, 15) is 18.0 Å². The van der Waals surface area contributed by atoms with E-state index in [1.807, 2.05) is 6.07 Å². The molecule has 34 heavy (non-hydrogen) atoms. The Morgan fingerprint density at radius 2 is 1.53 bits per heavy atom. The fourth-order valence-corrected chi connectivity index (χ4v) is 5.60. The Labute approximate surface area is 199 Å². The molecule has 10 heteroatoms. The maximum atomic E-state index is 13.2. The van der Waals surface area contributed by atoms with E-state index in [0.29, 0.717) is 50.6 Å². The van der Waals surface area contributed by atoms with E-state index >= 15 is 0 Å². The summed E-state index contributed by atoms with van der Waals surface area (Å²) in [7, 11) is -3.81. The molecular formula is C24H28N2O7S. The fraction of sp³-hybridized carbons (Fsp3) is 0.417. The van der Waals surface area contributed by atoms with E-state index in [-0.39, 0.29) is 29.5 Å². The molecule has 182 valence electrons. The molecule has 1 unspecified atom stereocenters. The summed E-state index contributed by atoms with van der Waals surface area (Å²) in [6.07, 6.45) is -1.15. The van der Waals surface area contributed by atoms with Gasteiger partial charge in [0, 0.05) is 31.7 Å². The second-order valence-electron chi connectivity index (χ2n) is 8.13. The van der Waals surface area contributed by atoms with Gasteiger partial charge in [0.05, 0.1) is 36.9 Å². The molecule has 0 N–H and O–H groups in total. The SMILES string of the molecule is Cc1ccc(C(=O)OC(C(=O)N2CCOCC2)c2ccccc2)cc1S(=O)(=O)N1CCOCC1. The molecular weight excluding hydrogens is 460 g/mol. The highest BCUT2D eigenvalue weighted by molar-refractivity contribution is 7.89. The minimum absolute atomic E-state index is 0.0413. The maximum Gasteiger partial charge on any atom is 0.339 e. The number of hydrogen-bond donors (Lipinski definition) is 0. The Kier molecular flexibility index (Phi) is 7.62. The van der Waals surface area contributed by atoms with E-state index in [1.165, 1.54) is 16.4 Å². The van der Waals surface area contributed by atoms with Crippen LogP contribution in [0.3, 0.4) is 0 Å². The van der Waals surface area contributed by atoms with Crippen LogP contribution in [0.15, 0.2) is 53.4 Å². The van der Waals surface area contributed by atoms with Gasteiger partial charge in [-0.2, -0.15) is 4.31 Å². The van der Waals surface area contributed by atoms with Crippen molar-refractivity contribution in [1.29, 1.82) is 0 Å². The van der Waals surface area contributed by atoms with Gasteiger partial charge in [-0.3, -0.25) is 4.79 Å². The predicted octanol–water partition coefficient (Wildman–Crippen LogP) is 1.77. The van der Waals surface area contributed by atoms with Crippen molar-refractivity contribution in [2.75, 3.05) is 52.6 Å². The van der Waals surface area contributed by atoms with Gasteiger partial charge >= 0.3 is 5.97 Å². The minimum Gasteiger partial charge on any atom is -0.444 e. The Morgan fingerprint density at radius 3 is 2.18 bits per heavy atom. The molecule has 2 aliphatic heterocycles. The van der Waals surface area contributed by atoms with Gasteiger partial charge < -0.3 is 19.1 Å². The smallest absolute Gasteiger partial charge is 0.339 e. The first-order valence-electron chi connectivity index (χ1n) is 11.2. The summed E-state index contributed by atoms with van der Waals surface area (Å²) >= 11 is 0. The van der Waals surface area contributed by atoms with Crippen LogP contribution in [0.2, 0.25) is 0 Å². The third-order valence-corrected chi connectivity index (χ3v) is 7.93. The monoisotopic (exact) mass is 488 g/mol. The lowest BCUT2D eigenvalue weighted by Gasteiger charge is -2.30. The van der Waals surface area contributed by atoms with Crippen LogP contribution < -0.4 is 0 Å². The van der Waals surface area contributed by atoms with Crippen LogP contribution in [0, 0.1) is 6.92 Å². The first-order valence-corrected chi connectivity index (χ1v) is 12.6. The number of rotatable bonds is 6. The number of benzene rings is 2. The predicted molar refractivity (Wildman–Crippen MR) is 123 cm³/mol. The maximum absolute atomic E-state index is 13.2. The first kappa shape index (κ1) is 24.3. The van der Waals surface area contributed by atoms with Crippen molar-refractivity contribution in [3.63, 3.8) is 0 Å². The van der Waals surface area contributed by atoms with Crippen LogP contribution in [-0.4, -0.2) is 82.1 Å². The molecule has 2 heterocycles. The molecule has 0 radical (unpaired) electrons. The highest BCUT2D eigenvalue weighted by Gasteiger charge is 2.32. The molecule has 1 atom stereocenters. The quantitative estimate of drug-likeness (QED) is 0.571. The zero-order valence-electron chi connectivity index (χ0n) is 19.0. The van der Waals surface area contributed by atoms with Crippen molar-refractivity contribution >= 4 is 21.9 Å². The van der Waals surface area contributed by atoms with Gasteiger partial charge in [-0.25, -0.2) is 13.2 Å². The molecule has 0 spiro atoms. The van der Waals surface area contributed by atoms with Crippen molar-refractivity contribution < 1.29 is 32.2 Å². The summed E-state index contributed by atoms with van der Waals surface area (Å²) < 4.78 is 44.0. The molecule has 2 aliphatic rings. The molecule has 4 rings (SSSR count). The van der Waals surface area contributed by atoms with Crippen LogP contribution in [-0.2, 0) is 29.0 Å². The zero-order valence-corrected chi connectivity index (χ0v) is 19.8. The summed E-state index contributed by atoms with van der Waals surface area (Å²) in [6, 6.07) is 13.2. The summed E-state index contributed by atoms with van der Waals surface area (Å²) in [5.41, 5.74) is 1.13. The fourth-order valence-electron chi connectivity index (χ4n) is 3.94. The first-order chi connectivity index (χ1) is 16.4. The molecule has 1 amide bonds. The molecule has 2 saturated heterocycles. The number of aryl methyl sites for hydroxylation is 1. The van der Waals surface area contributed by atoms with Crippen LogP contribution in [0.1, 0.15) is 27.6 Å². The topological polar surface area (TPSA) is 102 Å². The van der Waals surface area contributed by atoms with Gasteiger partial charge in [0.2, 0.25) is 16.1 Å². The van der Waals surface area contributed by atoms with Crippen LogP contribution in [0.4, 0.5) is 0 Å². The normalized spacial score (nSPS) is 18.3. The van der Waals surface area contributed by atoms with E-state index in [0.717, 1.165) is 0 Å². The van der Waals surface area contributed by atoms with Crippen LogP contribution in [0.5, 0.6) is 0 Å². The lowest BCUT2D eigenvalue weighted by molar-refractivity contribution is -0.145. The highest BCUT2D eigenvalue weighted by atomic mass is 32.2. The summed E-state index contributed by atoms with van der Waals surface area (Å²) in [5.74, 6) is -1.11. The summed E-state index contributed by atoms with van der Waals surface area (Å²) in [4.78, 5) is 28.0. The van der Waals surface area contributed by atoms with Gasteiger partial charge in [0.25, 0.3) is 5.91 Å². The second kappa shape index (κ2) is 10.6.